The van der Waals surface area contributed by atoms with Gasteiger partial charge in [0.25, 0.3) is 0 Å². The molecule has 0 N–H and O–H groups in total. The molecular weight excluding hydrogens is 281 g/mol. The molecule has 2 aromatic rings. The van der Waals surface area contributed by atoms with Gasteiger partial charge < -0.3 is 0 Å². The lowest BCUT2D eigenvalue weighted by Crippen LogP contribution is -1.98. The molecule has 4 heteroatoms. The number of ketones is 1. The maximum absolute atomic E-state index is 11.8. The fourth-order valence-corrected chi connectivity index (χ4v) is 2.03. The van der Waals surface area contributed by atoms with E-state index in [1.165, 1.54) is 6.92 Å². The summed E-state index contributed by atoms with van der Waals surface area (Å²) in [4.78, 5) is 15.9. The van der Waals surface area contributed by atoms with E-state index in [0.29, 0.717) is 26.9 Å². The number of aromatic nitrogens is 1. The number of allylic oxidation sites excluding steroid dienone is 1. The van der Waals surface area contributed by atoms with E-state index >= 15 is 0 Å². The van der Waals surface area contributed by atoms with Gasteiger partial charge >= 0.3 is 0 Å². The van der Waals surface area contributed by atoms with Crippen LogP contribution in [-0.2, 0) is 4.79 Å². The van der Waals surface area contributed by atoms with Crippen LogP contribution in [0.3, 0.4) is 0 Å². The lowest BCUT2D eigenvalue weighted by molar-refractivity contribution is -0.111. The van der Waals surface area contributed by atoms with Crippen LogP contribution in [0.25, 0.3) is 11.6 Å². The van der Waals surface area contributed by atoms with Gasteiger partial charge in [-0.05, 0) is 36.8 Å². The van der Waals surface area contributed by atoms with Crippen molar-refractivity contribution in [1.82, 2.24) is 4.98 Å². The Kier molecular flexibility index (Phi) is 4.35. The lowest BCUT2D eigenvalue weighted by atomic mass is 10.0. The highest BCUT2D eigenvalue weighted by Crippen LogP contribution is 2.28. The van der Waals surface area contributed by atoms with Gasteiger partial charge in [-0.25, -0.2) is 0 Å². The van der Waals surface area contributed by atoms with E-state index in [0.717, 1.165) is 0 Å². The van der Waals surface area contributed by atoms with E-state index in [4.69, 9.17) is 23.2 Å². The number of carbonyl (C=O) groups excluding carboxylic acids is 1. The van der Waals surface area contributed by atoms with Gasteiger partial charge in [-0.15, -0.1) is 0 Å². The fraction of sp³-hybridized carbons (Fsp3) is 0.0667. The molecule has 0 fully saturated rings. The monoisotopic (exact) mass is 291 g/mol. The summed E-state index contributed by atoms with van der Waals surface area (Å²) >= 11 is 12.1. The van der Waals surface area contributed by atoms with Crippen molar-refractivity contribution in [3.05, 3.63) is 63.9 Å². The van der Waals surface area contributed by atoms with Gasteiger partial charge in [0.1, 0.15) is 0 Å². The van der Waals surface area contributed by atoms with E-state index < -0.39 is 0 Å². The Morgan fingerprint density at radius 2 is 1.95 bits per heavy atom. The minimum absolute atomic E-state index is 0.0743. The number of rotatable bonds is 3. The van der Waals surface area contributed by atoms with Gasteiger partial charge in [0, 0.05) is 11.8 Å². The second-order valence-corrected chi connectivity index (χ2v) is 4.76. The molecule has 2 nitrogen and oxygen atoms in total. The molecule has 0 amide bonds. The fourth-order valence-electron chi connectivity index (χ4n) is 1.67. The Balaban J connectivity index is 2.54. The summed E-state index contributed by atoms with van der Waals surface area (Å²) in [6.07, 6.45) is 3.35. The molecule has 0 bridgehead atoms. The average Bonchev–Trinajstić information content (AvgIpc) is 2.41. The summed E-state index contributed by atoms with van der Waals surface area (Å²) < 4.78 is 0. The molecule has 0 unspecified atom stereocenters. The summed E-state index contributed by atoms with van der Waals surface area (Å²) in [7, 11) is 0. The predicted molar refractivity (Wildman–Crippen MR) is 79.3 cm³/mol. The molecular formula is C15H11Cl2NO. The summed E-state index contributed by atoms with van der Waals surface area (Å²) in [6, 6.07) is 10.7. The molecule has 1 aromatic heterocycles. The average molecular weight is 292 g/mol. The van der Waals surface area contributed by atoms with E-state index in [2.05, 4.69) is 4.98 Å². The van der Waals surface area contributed by atoms with Crippen molar-refractivity contribution in [3.8, 4) is 0 Å². The first-order chi connectivity index (χ1) is 9.09. The molecule has 0 aliphatic heterocycles. The van der Waals surface area contributed by atoms with Crippen molar-refractivity contribution in [2.75, 3.05) is 0 Å². The van der Waals surface area contributed by atoms with Crippen LogP contribution < -0.4 is 0 Å². The number of pyridine rings is 1. The van der Waals surface area contributed by atoms with Crippen LogP contribution in [0, 0.1) is 0 Å². The van der Waals surface area contributed by atoms with Crippen molar-refractivity contribution in [3.63, 3.8) is 0 Å². The summed E-state index contributed by atoms with van der Waals surface area (Å²) in [5.41, 5.74) is 1.82. The summed E-state index contributed by atoms with van der Waals surface area (Å²) in [6.45, 7) is 1.50. The van der Waals surface area contributed by atoms with Crippen LogP contribution >= 0.6 is 23.2 Å². The molecule has 0 saturated heterocycles. The van der Waals surface area contributed by atoms with Crippen LogP contribution in [0.5, 0.6) is 0 Å². The zero-order valence-corrected chi connectivity index (χ0v) is 11.7. The first kappa shape index (κ1) is 13.8. The van der Waals surface area contributed by atoms with E-state index in [-0.39, 0.29) is 5.78 Å². The molecule has 0 radical (unpaired) electrons. The number of carbonyl (C=O) groups is 1. The Hall–Kier alpha value is -1.64. The molecule has 19 heavy (non-hydrogen) atoms. The Bertz CT molecular complexity index is 636. The van der Waals surface area contributed by atoms with Crippen LogP contribution in [0.1, 0.15) is 18.2 Å². The number of nitrogens with zero attached hydrogens (tertiary/aromatic N) is 1. The molecule has 0 spiro atoms. The number of hydrogen-bond acceptors (Lipinski definition) is 2. The second-order valence-electron chi connectivity index (χ2n) is 3.97. The van der Waals surface area contributed by atoms with Crippen molar-refractivity contribution >= 4 is 40.6 Å². The number of Topliss-reactive ketones (excluding diaryl/α,β-unsaturated/α-hetero) is 1. The SMILES string of the molecule is CC(=O)/C(=C/c1cccc(Cl)c1Cl)c1ccccn1. The van der Waals surface area contributed by atoms with Gasteiger partial charge in [-0.3, -0.25) is 9.78 Å². The molecule has 0 aliphatic rings. The Labute approximate surface area is 121 Å². The standard InChI is InChI=1S/C15H11Cl2NO/c1-10(19)12(14-7-2-3-8-18-14)9-11-5-4-6-13(16)15(11)17/h2-9H,1H3/b12-9-. The maximum atomic E-state index is 11.8. The van der Waals surface area contributed by atoms with Crippen LogP contribution in [-0.4, -0.2) is 10.8 Å². The highest BCUT2D eigenvalue weighted by Gasteiger charge is 2.10. The zero-order chi connectivity index (χ0) is 13.8. The van der Waals surface area contributed by atoms with Gasteiger partial charge in [-0.2, -0.15) is 0 Å². The normalized spacial score (nSPS) is 11.4. The summed E-state index contributed by atoms with van der Waals surface area (Å²) in [5, 5.41) is 0.887. The zero-order valence-electron chi connectivity index (χ0n) is 10.2. The van der Waals surface area contributed by atoms with Gasteiger partial charge in [0.15, 0.2) is 5.78 Å². The molecule has 1 aromatic carbocycles. The highest BCUT2D eigenvalue weighted by molar-refractivity contribution is 6.43. The predicted octanol–water partition coefficient (Wildman–Crippen LogP) is 4.52. The van der Waals surface area contributed by atoms with Crippen LogP contribution in [0.15, 0.2) is 42.6 Å². The molecule has 0 saturated carbocycles. The van der Waals surface area contributed by atoms with Gasteiger partial charge in [0.05, 0.1) is 15.7 Å². The summed E-state index contributed by atoms with van der Waals surface area (Å²) in [5.74, 6) is -0.0743. The number of benzene rings is 1. The third-order valence-electron chi connectivity index (χ3n) is 2.60. The highest BCUT2D eigenvalue weighted by atomic mass is 35.5. The molecule has 96 valence electrons. The van der Waals surface area contributed by atoms with E-state index in [9.17, 15) is 4.79 Å². The molecule has 0 aliphatic carbocycles. The molecule has 0 atom stereocenters. The molecule has 1 heterocycles. The third-order valence-corrected chi connectivity index (χ3v) is 3.43. The topological polar surface area (TPSA) is 30.0 Å². The molecule has 2 rings (SSSR count). The first-order valence-corrected chi connectivity index (χ1v) is 6.43. The van der Waals surface area contributed by atoms with Crippen molar-refractivity contribution in [2.24, 2.45) is 0 Å². The Morgan fingerprint density at radius 3 is 2.58 bits per heavy atom. The number of hydrogen-bond donors (Lipinski definition) is 0. The smallest absolute Gasteiger partial charge is 0.161 e. The maximum Gasteiger partial charge on any atom is 0.161 e. The van der Waals surface area contributed by atoms with Crippen LogP contribution in [0.4, 0.5) is 0 Å². The second kappa shape index (κ2) is 6.00. The first-order valence-electron chi connectivity index (χ1n) is 5.67. The van der Waals surface area contributed by atoms with Crippen LogP contribution in [0.2, 0.25) is 10.0 Å². The minimum atomic E-state index is -0.0743. The van der Waals surface area contributed by atoms with Crippen molar-refractivity contribution in [2.45, 2.75) is 6.92 Å². The minimum Gasteiger partial charge on any atom is -0.294 e. The number of halogens is 2. The van der Waals surface area contributed by atoms with Gasteiger partial charge in [-0.1, -0.05) is 41.4 Å². The van der Waals surface area contributed by atoms with Gasteiger partial charge in [0.2, 0.25) is 0 Å². The van der Waals surface area contributed by atoms with Crippen molar-refractivity contribution in [1.29, 1.82) is 0 Å². The third kappa shape index (κ3) is 3.22. The van der Waals surface area contributed by atoms with Crippen molar-refractivity contribution < 1.29 is 4.79 Å². The quantitative estimate of drug-likeness (QED) is 0.779. The largest absolute Gasteiger partial charge is 0.294 e. The Morgan fingerprint density at radius 1 is 1.16 bits per heavy atom. The van der Waals surface area contributed by atoms with E-state index in [1.54, 1.807) is 42.6 Å². The van der Waals surface area contributed by atoms with E-state index in [1.807, 2.05) is 6.07 Å². The lowest BCUT2D eigenvalue weighted by Gasteiger charge is -2.05.